The van der Waals surface area contributed by atoms with Crippen molar-refractivity contribution in [3.63, 3.8) is 0 Å². The number of rotatable bonds is 71. The minimum atomic E-state index is -0.660. The average Bonchev–Trinajstić information content (AvgIpc) is 3.46. The molecule has 0 radical (unpaired) electrons. The van der Waals surface area contributed by atoms with Crippen LogP contribution in [-0.2, 0) is 14.3 Å². The zero-order valence-electron chi connectivity index (χ0n) is 54.9. The van der Waals surface area contributed by atoms with E-state index in [1.165, 1.54) is 366 Å². The van der Waals surface area contributed by atoms with Gasteiger partial charge < -0.3 is 20.3 Å². The van der Waals surface area contributed by atoms with E-state index in [4.69, 9.17) is 4.74 Å². The van der Waals surface area contributed by atoms with E-state index in [1.54, 1.807) is 0 Å². The van der Waals surface area contributed by atoms with Crippen LogP contribution in [0.5, 0.6) is 0 Å². The largest absolute Gasteiger partial charge is 0.466 e. The normalized spacial score (nSPS) is 12.4. The number of carbonyl (C=O) groups is 2. The fraction of sp³-hybridized carbons (Fsp3) is 0.973. The van der Waals surface area contributed by atoms with E-state index >= 15 is 0 Å². The maximum Gasteiger partial charge on any atom is 0.305 e. The molecule has 0 saturated carbocycles. The van der Waals surface area contributed by atoms with Gasteiger partial charge in [-0.25, -0.2) is 0 Å². The van der Waals surface area contributed by atoms with Gasteiger partial charge in [0.15, 0.2) is 0 Å². The topological polar surface area (TPSA) is 95.9 Å². The first-order chi connectivity index (χ1) is 39.5. The molecule has 80 heavy (non-hydrogen) atoms. The number of carbonyl (C=O) groups excluding carboxylic acids is 2. The highest BCUT2D eigenvalue weighted by molar-refractivity contribution is 5.76. The van der Waals surface area contributed by atoms with Crippen LogP contribution in [0.25, 0.3) is 0 Å². The third-order valence-corrected chi connectivity index (χ3v) is 17.9. The summed E-state index contributed by atoms with van der Waals surface area (Å²) in [6.45, 7) is 5.01. The first-order valence-electron chi connectivity index (χ1n) is 37.3. The Morgan fingerprint density at radius 3 is 0.762 bits per heavy atom. The van der Waals surface area contributed by atoms with Crippen LogP contribution in [0.3, 0.4) is 0 Å². The van der Waals surface area contributed by atoms with Crippen LogP contribution in [0.4, 0.5) is 0 Å². The van der Waals surface area contributed by atoms with Crippen molar-refractivity contribution in [2.45, 2.75) is 450 Å². The van der Waals surface area contributed by atoms with E-state index in [0.29, 0.717) is 25.9 Å². The Labute approximate surface area is 502 Å². The number of hydrogen-bond acceptors (Lipinski definition) is 5. The number of nitrogens with one attached hydrogen (secondary N) is 1. The molecular formula is C74H147NO5. The lowest BCUT2D eigenvalue weighted by Crippen LogP contribution is -2.45. The molecule has 0 aromatic carbocycles. The Balaban J connectivity index is 3.31. The second-order valence-corrected chi connectivity index (χ2v) is 26.0. The number of aliphatic hydroxyl groups excluding tert-OH is 2. The smallest absolute Gasteiger partial charge is 0.305 e. The molecule has 0 aromatic rings. The highest BCUT2D eigenvalue weighted by atomic mass is 16.5. The van der Waals surface area contributed by atoms with E-state index in [0.717, 1.165) is 38.5 Å². The Morgan fingerprint density at radius 2 is 0.512 bits per heavy atom. The Hall–Kier alpha value is -1.14. The van der Waals surface area contributed by atoms with Crippen molar-refractivity contribution < 1.29 is 24.5 Å². The first-order valence-corrected chi connectivity index (χ1v) is 37.3. The minimum absolute atomic E-state index is 0.0249. The van der Waals surface area contributed by atoms with Gasteiger partial charge in [0.2, 0.25) is 5.91 Å². The molecule has 2 unspecified atom stereocenters. The van der Waals surface area contributed by atoms with Crippen molar-refractivity contribution in [1.29, 1.82) is 0 Å². The van der Waals surface area contributed by atoms with E-state index in [1.807, 2.05) is 0 Å². The molecule has 0 bridgehead atoms. The standard InChI is InChI=1S/C74H147NO5/c1-3-5-7-9-11-13-15-17-19-35-39-42-46-50-54-58-62-66-72(77)71(70-76)75-73(78)67-63-59-55-51-47-43-40-36-33-31-29-27-25-23-21-20-22-24-26-28-30-32-34-37-41-45-49-53-57-61-65-69-80-74(79)68-64-60-56-52-48-44-38-18-16-14-12-10-8-6-4-2/h71-72,76-77H,3-70H2,1-2H3,(H,75,78). The van der Waals surface area contributed by atoms with Gasteiger partial charge in [-0.15, -0.1) is 0 Å². The van der Waals surface area contributed by atoms with Gasteiger partial charge in [-0.1, -0.05) is 399 Å². The van der Waals surface area contributed by atoms with Gasteiger partial charge in [0.05, 0.1) is 25.4 Å². The summed E-state index contributed by atoms with van der Waals surface area (Å²) in [6.07, 6.45) is 86.0. The van der Waals surface area contributed by atoms with Crippen molar-refractivity contribution in [1.82, 2.24) is 5.32 Å². The number of amides is 1. The molecule has 0 rings (SSSR count). The predicted molar refractivity (Wildman–Crippen MR) is 352 cm³/mol. The zero-order valence-corrected chi connectivity index (χ0v) is 54.9. The lowest BCUT2D eigenvalue weighted by atomic mass is 10.0. The van der Waals surface area contributed by atoms with Gasteiger partial charge in [-0.2, -0.15) is 0 Å². The summed E-state index contributed by atoms with van der Waals surface area (Å²) in [6, 6.07) is -0.537. The van der Waals surface area contributed by atoms with E-state index in [9.17, 15) is 19.8 Å². The third-order valence-electron chi connectivity index (χ3n) is 17.9. The lowest BCUT2D eigenvalue weighted by Gasteiger charge is -2.22. The Morgan fingerprint density at radius 1 is 0.300 bits per heavy atom. The van der Waals surface area contributed by atoms with Crippen LogP contribution in [0, 0.1) is 0 Å². The monoisotopic (exact) mass is 1130 g/mol. The molecule has 0 saturated heterocycles. The predicted octanol–water partition coefficient (Wildman–Crippen LogP) is 24.2. The number of hydrogen-bond donors (Lipinski definition) is 3. The van der Waals surface area contributed by atoms with E-state index < -0.39 is 12.1 Å². The molecule has 6 nitrogen and oxygen atoms in total. The molecule has 0 spiro atoms. The molecule has 6 heteroatoms. The van der Waals surface area contributed by atoms with Crippen molar-refractivity contribution in [2.75, 3.05) is 13.2 Å². The molecule has 0 aliphatic heterocycles. The summed E-state index contributed by atoms with van der Waals surface area (Å²) < 4.78 is 5.51. The van der Waals surface area contributed by atoms with Crippen LogP contribution in [0.1, 0.15) is 438 Å². The highest BCUT2D eigenvalue weighted by Gasteiger charge is 2.20. The van der Waals surface area contributed by atoms with E-state index in [2.05, 4.69) is 19.2 Å². The fourth-order valence-corrected chi connectivity index (χ4v) is 12.2. The fourth-order valence-electron chi connectivity index (χ4n) is 12.2. The average molecular weight is 1130 g/mol. The molecule has 1 amide bonds. The lowest BCUT2D eigenvalue weighted by molar-refractivity contribution is -0.143. The molecule has 0 heterocycles. The molecule has 2 atom stereocenters. The summed E-state index contributed by atoms with van der Waals surface area (Å²) in [5.41, 5.74) is 0. The number of unbranched alkanes of at least 4 members (excludes halogenated alkanes) is 60. The van der Waals surface area contributed by atoms with Crippen LogP contribution in [0.15, 0.2) is 0 Å². The van der Waals surface area contributed by atoms with Crippen molar-refractivity contribution >= 4 is 11.9 Å². The summed E-state index contributed by atoms with van der Waals surface area (Å²) in [5.74, 6) is -0.00106. The molecule has 478 valence electrons. The zero-order chi connectivity index (χ0) is 57.8. The van der Waals surface area contributed by atoms with Gasteiger partial charge in [0, 0.05) is 12.8 Å². The van der Waals surface area contributed by atoms with Crippen molar-refractivity contribution in [3.8, 4) is 0 Å². The molecule has 0 aliphatic rings. The van der Waals surface area contributed by atoms with Crippen LogP contribution < -0.4 is 5.32 Å². The van der Waals surface area contributed by atoms with Crippen LogP contribution in [0.2, 0.25) is 0 Å². The number of esters is 1. The maximum atomic E-state index is 12.5. The van der Waals surface area contributed by atoms with Gasteiger partial charge in [0.1, 0.15) is 0 Å². The molecule has 0 fully saturated rings. The summed E-state index contributed by atoms with van der Waals surface area (Å²) in [4.78, 5) is 24.6. The Kier molecular flexibility index (Phi) is 69.3. The SMILES string of the molecule is CCCCCCCCCCCCCCCCCCCC(O)C(CO)NC(=O)CCCCCCCCCCCCCCCCCCCCCCCCCCCCCCCCCOC(=O)CCCCCCCCCCCCCCCCC. The summed E-state index contributed by atoms with van der Waals surface area (Å²) in [5, 5.41) is 23.4. The molecule has 0 aliphatic carbocycles. The Bertz CT molecular complexity index is 1160. The molecule has 0 aromatic heterocycles. The van der Waals surface area contributed by atoms with Crippen molar-refractivity contribution in [3.05, 3.63) is 0 Å². The highest BCUT2D eigenvalue weighted by Crippen LogP contribution is 2.20. The molecule has 3 N–H and O–H groups in total. The van der Waals surface area contributed by atoms with E-state index in [-0.39, 0.29) is 18.5 Å². The van der Waals surface area contributed by atoms with Gasteiger partial charge >= 0.3 is 5.97 Å². The van der Waals surface area contributed by atoms with Gasteiger partial charge in [0.25, 0.3) is 0 Å². The first kappa shape index (κ1) is 78.9. The van der Waals surface area contributed by atoms with Crippen LogP contribution in [-0.4, -0.2) is 47.4 Å². The van der Waals surface area contributed by atoms with Gasteiger partial charge in [-0.05, 0) is 25.7 Å². The summed E-state index contributed by atoms with van der Waals surface area (Å²) in [7, 11) is 0. The van der Waals surface area contributed by atoms with Crippen LogP contribution >= 0.6 is 0 Å². The maximum absolute atomic E-state index is 12.5. The van der Waals surface area contributed by atoms with Gasteiger partial charge in [-0.3, -0.25) is 9.59 Å². The minimum Gasteiger partial charge on any atom is -0.466 e. The quantitative estimate of drug-likeness (QED) is 0.0417. The second kappa shape index (κ2) is 70.3. The number of ether oxygens (including phenoxy) is 1. The number of aliphatic hydroxyl groups is 2. The van der Waals surface area contributed by atoms with Crippen molar-refractivity contribution in [2.24, 2.45) is 0 Å². The third kappa shape index (κ3) is 66.0. The second-order valence-electron chi connectivity index (χ2n) is 26.0. The summed E-state index contributed by atoms with van der Waals surface area (Å²) >= 11 is 0. The molecular weight excluding hydrogens is 983 g/mol.